The highest BCUT2D eigenvalue weighted by Gasteiger charge is 2.11. The van der Waals surface area contributed by atoms with Crippen LogP contribution in [0.25, 0.3) is 0 Å². The molecule has 1 N–H and O–H groups in total. The van der Waals surface area contributed by atoms with E-state index < -0.39 is 10.0 Å². The summed E-state index contributed by atoms with van der Waals surface area (Å²) < 4.78 is 26.0. The third-order valence-corrected chi connectivity index (χ3v) is 3.60. The van der Waals surface area contributed by atoms with Crippen molar-refractivity contribution in [1.82, 2.24) is 4.72 Å². The standard InChI is InChI=1S/C8H7IN2O2S/c9-7-1-3-8(4-2-7)14(12,13)11-6-5-10/h1-4,11H,6H2. The van der Waals surface area contributed by atoms with Gasteiger partial charge in [0, 0.05) is 3.57 Å². The van der Waals surface area contributed by atoms with E-state index in [1.165, 1.54) is 12.1 Å². The molecule has 0 bridgehead atoms. The summed E-state index contributed by atoms with van der Waals surface area (Å²) in [5.74, 6) is 0. The molecule has 0 radical (unpaired) electrons. The van der Waals surface area contributed by atoms with Gasteiger partial charge in [0.05, 0.1) is 17.5 Å². The van der Waals surface area contributed by atoms with Crippen LogP contribution in [0.5, 0.6) is 0 Å². The van der Waals surface area contributed by atoms with E-state index in [0.29, 0.717) is 0 Å². The van der Waals surface area contributed by atoms with Gasteiger partial charge in [0.1, 0.15) is 0 Å². The number of benzene rings is 1. The molecule has 6 heteroatoms. The lowest BCUT2D eigenvalue weighted by molar-refractivity contribution is 0.586. The van der Waals surface area contributed by atoms with Gasteiger partial charge in [0.15, 0.2) is 0 Å². The zero-order valence-electron chi connectivity index (χ0n) is 7.07. The average molecular weight is 322 g/mol. The molecule has 4 nitrogen and oxygen atoms in total. The Hall–Kier alpha value is -0.650. The molecular formula is C8H7IN2O2S. The van der Waals surface area contributed by atoms with Crippen molar-refractivity contribution in [1.29, 1.82) is 5.26 Å². The maximum absolute atomic E-state index is 11.4. The molecule has 0 fully saturated rings. The number of halogens is 1. The average Bonchev–Trinajstić information content (AvgIpc) is 2.16. The van der Waals surface area contributed by atoms with Crippen molar-refractivity contribution in [3.05, 3.63) is 27.8 Å². The van der Waals surface area contributed by atoms with Crippen LogP contribution in [0, 0.1) is 14.9 Å². The molecule has 0 atom stereocenters. The normalized spacial score (nSPS) is 10.9. The fraction of sp³-hybridized carbons (Fsp3) is 0.125. The highest BCUT2D eigenvalue weighted by Crippen LogP contribution is 2.11. The number of nitrogens with one attached hydrogen (secondary N) is 1. The highest BCUT2D eigenvalue weighted by molar-refractivity contribution is 14.1. The molecular weight excluding hydrogens is 315 g/mol. The first-order valence-corrected chi connectivity index (χ1v) is 6.24. The van der Waals surface area contributed by atoms with Gasteiger partial charge in [-0.2, -0.15) is 9.98 Å². The quantitative estimate of drug-likeness (QED) is 0.669. The number of nitriles is 1. The second kappa shape index (κ2) is 4.72. The molecule has 0 unspecified atom stereocenters. The lowest BCUT2D eigenvalue weighted by atomic mass is 10.4. The maximum atomic E-state index is 11.4. The van der Waals surface area contributed by atoms with Crippen molar-refractivity contribution >= 4 is 32.6 Å². The van der Waals surface area contributed by atoms with Crippen LogP contribution in [0.1, 0.15) is 0 Å². The van der Waals surface area contributed by atoms with Crippen LogP contribution in [0.4, 0.5) is 0 Å². The molecule has 74 valence electrons. The van der Waals surface area contributed by atoms with Crippen molar-refractivity contribution in [2.45, 2.75) is 4.90 Å². The minimum atomic E-state index is -3.52. The molecule has 1 aromatic carbocycles. The Morgan fingerprint density at radius 1 is 1.36 bits per heavy atom. The molecule has 0 heterocycles. The van der Waals surface area contributed by atoms with Crippen molar-refractivity contribution in [2.75, 3.05) is 6.54 Å². The summed E-state index contributed by atoms with van der Waals surface area (Å²) in [6.45, 7) is -0.214. The fourth-order valence-corrected chi connectivity index (χ4v) is 2.10. The minimum Gasteiger partial charge on any atom is -0.207 e. The highest BCUT2D eigenvalue weighted by atomic mass is 127. The van der Waals surface area contributed by atoms with Crippen molar-refractivity contribution in [2.24, 2.45) is 0 Å². The summed E-state index contributed by atoms with van der Waals surface area (Å²) in [5, 5.41) is 8.24. The first-order chi connectivity index (χ1) is 6.56. The van der Waals surface area contributed by atoms with Crippen LogP contribution in [0.15, 0.2) is 29.2 Å². The molecule has 1 rings (SSSR count). The van der Waals surface area contributed by atoms with Gasteiger partial charge in [-0.15, -0.1) is 0 Å². The molecule has 0 saturated carbocycles. The SMILES string of the molecule is N#CCNS(=O)(=O)c1ccc(I)cc1. The van der Waals surface area contributed by atoms with Gasteiger partial charge in [-0.1, -0.05) is 0 Å². The molecule has 14 heavy (non-hydrogen) atoms. The van der Waals surface area contributed by atoms with E-state index in [9.17, 15) is 8.42 Å². The van der Waals surface area contributed by atoms with Crippen molar-refractivity contribution in [3.63, 3.8) is 0 Å². The lowest BCUT2D eigenvalue weighted by Gasteiger charge is -2.02. The second-order valence-electron chi connectivity index (χ2n) is 2.44. The Labute approximate surface area is 96.1 Å². The minimum absolute atomic E-state index is 0.174. The monoisotopic (exact) mass is 322 g/mol. The number of sulfonamides is 1. The Balaban J connectivity index is 2.94. The Bertz CT molecular complexity index is 447. The Morgan fingerprint density at radius 2 is 1.93 bits per heavy atom. The zero-order chi connectivity index (χ0) is 10.6. The molecule has 1 aromatic rings. The molecule has 0 aliphatic rings. The summed E-state index contributed by atoms with van der Waals surface area (Å²) in [4.78, 5) is 0.174. The lowest BCUT2D eigenvalue weighted by Crippen LogP contribution is -2.23. The molecule has 0 aliphatic carbocycles. The van der Waals surface area contributed by atoms with Gasteiger partial charge in [0.25, 0.3) is 0 Å². The largest absolute Gasteiger partial charge is 0.241 e. The van der Waals surface area contributed by atoms with Gasteiger partial charge in [-0.25, -0.2) is 8.42 Å². The third-order valence-electron chi connectivity index (χ3n) is 1.47. The molecule has 0 aromatic heterocycles. The zero-order valence-corrected chi connectivity index (χ0v) is 10.0. The van der Waals surface area contributed by atoms with Crippen LogP contribution in [0.3, 0.4) is 0 Å². The Kier molecular flexibility index (Phi) is 3.86. The number of hydrogen-bond acceptors (Lipinski definition) is 3. The van der Waals surface area contributed by atoms with E-state index in [2.05, 4.69) is 27.3 Å². The van der Waals surface area contributed by atoms with Crippen molar-refractivity contribution < 1.29 is 8.42 Å². The summed E-state index contributed by atoms with van der Waals surface area (Å²) in [6, 6.07) is 8.11. The van der Waals surface area contributed by atoms with Crippen molar-refractivity contribution in [3.8, 4) is 6.07 Å². The fourth-order valence-electron chi connectivity index (χ4n) is 0.824. The third kappa shape index (κ3) is 2.94. The molecule has 0 aliphatic heterocycles. The van der Waals surface area contributed by atoms with Gasteiger partial charge in [-0.3, -0.25) is 0 Å². The van der Waals surface area contributed by atoms with Crippen LogP contribution in [0.2, 0.25) is 0 Å². The summed E-state index contributed by atoms with van der Waals surface area (Å²) in [5.41, 5.74) is 0. The summed E-state index contributed by atoms with van der Waals surface area (Å²) >= 11 is 2.09. The van der Waals surface area contributed by atoms with Crippen LogP contribution in [-0.4, -0.2) is 15.0 Å². The van der Waals surface area contributed by atoms with Gasteiger partial charge in [0.2, 0.25) is 10.0 Å². The molecule has 0 amide bonds. The van der Waals surface area contributed by atoms with E-state index in [1.807, 2.05) is 0 Å². The first kappa shape index (κ1) is 11.4. The van der Waals surface area contributed by atoms with E-state index in [4.69, 9.17) is 5.26 Å². The molecule has 0 spiro atoms. The van der Waals surface area contributed by atoms with E-state index in [1.54, 1.807) is 18.2 Å². The topological polar surface area (TPSA) is 70.0 Å². The number of nitrogens with zero attached hydrogens (tertiary/aromatic N) is 1. The maximum Gasteiger partial charge on any atom is 0.241 e. The van der Waals surface area contributed by atoms with Crippen LogP contribution < -0.4 is 4.72 Å². The van der Waals surface area contributed by atoms with Crippen LogP contribution in [-0.2, 0) is 10.0 Å². The van der Waals surface area contributed by atoms with Gasteiger partial charge in [-0.05, 0) is 46.9 Å². The second-order valence-corrected chi connectivity index (χ2v) is 5.45. The van der Waals surface area contributed by atoms with Gasteiger partial charge < -0.3 is 0 Å². The van der Waals surface area contributed by atoms with Gasteiger partial charge >= 0.3 is 0 Å². The summed E-state index contributed by atoms with van der Waals surface area (Å²) in [7, 11) is -3.52. The predicted octanol–water partition coefficient (Wildman–Crippen LogP) is 1.09. The van der Waals surface area contributed by atoms with E-state index in [-0.39, 0.29) is 11.4 Å². The van der Waals surface area contributed by atoms with E-state index in [0.717, 1.165) is 3.57 Å². The summed E-state index contributed by atoms with van der Waals surface area (Å²) in [6.07, 6.45) is 0. The number of rotatable bonds is 3. The van der Waals surface area contributed by atoms with E-state index >= 15 is 0 Å². The van der Waals surface area contributed by atoms with Crippen LogP contribution >= 0.6 is 22.6 Å². The number of hydrogen-bond donors (Lipinski definition) is 1. The predicted molar refractivity (Wildman–Crippen MR) is 60.0 cm³/mol. The molecule has 0 saturated heterocycles. The smallest absolute Gasteiger partial charge is 0.207 e. The Morgan fingerprint density at radius 3 is 2.43 bits per heavy atom. The first-order valence-electron chi connectivity index (χ1n) is 3.68.